The van der Waals surface area contributed by atoms with Gasteiger partial charge in [0, 0.05) is 17.5 Å². The zero-order valence-corrected chi connectivity index (χ0v) is 23.6. The van der Waals surface area contributed by atoms with Crippen LogP contribution in [0.4, 0.5) is 0 Å². The van der Waals surface area contributed by atoms with Gasteiger partial charge in [0.2, 0.25) is 0 Å². The first-order valence-electron chi connectivity index (χ1n) is 14.7. The third-order valence-electron chi connectivity index (χ3n) is 7.01. The number of hydrogen-bond donors (Lipinski definition) is 0. The standard InChI is InChI=1S/C34H44O5/c1-3-5-13-16-27-17-19-28(20-18-27)31-25-29-21-22-30(26-32(29)39-34(31)36)37-23-14-11-9-7-6-8-10-12-15-24-38-33(35)4-2/h4,17-22,25-26H,2-3,5-16,23-24H2,1H3. The number of benzene rings is 2. The molecule has 0 saturated heterocycles. The first-order valence-corrected chi connectivity index (χ1v) is 14.7. The minimum absolute atomic E-state index is 0.325. The van der Waals surface area contributed by atoms with Crippen LogP contribution in [0.1, 0.15) is 89.5 Å². The third kappa shape index (κ3) is 10.7. The maximum Gasteiger partial charge on any atom is 0.344 e. The maximum atomic E-state index is 12.7. The van der Waals surface area contributed by atoms with E-state index in [0.717, 1.165) is 48.8 Å². The van der Waals surface area contributed by atoms with Crippen molar-refractivity contribution in [3.05, 3.63) is 77.2 Å². The van der Waals surface area contributed by atoms with Crippen molar-refractivity contribution in [1.82, 2.24) is 0 Å². The van der Waals surface area contributed by atoms with Gasteiger partial charge in [0.1, 0.15) is 11.3 Å². The predicted octanol–water partition coefficient (Wildman–Crippen LogP) is 8.81. The van der Waals surface area contributed by atoms with Crippen molar-refractivity contribution in [2.24, 2.45) is 0 Å². The van der Waals surface area contributed by atoms with Gasteiger partial charge in [-0.25, -0.2) is 9.59 Å². The molecule has 1 aromatic heterocycles. The van der Waals surface area contributed by atoms with Gasteiger partial charge in [0.15, 0.2) is 0 Å². The summed E-state index contributed by atoms with van der Waals surface area (Å²) < 4.78 is 16.6. The summed E-state index contributed by atoms with van der Waals surface area (Å²) in [5, 5.41) is 0.891. The number of carbonyl (C=O) groups is 1. The zero-order valence-electron chi connectivity index (χ0n) is 23.6. The van der Waals surface area contributed by atoms with Crippen LogP contribution in [0.3, 0.4) is 0 Å². The molecule has 0 unspecified atom stereocenters. The fourth-order valence-corrected chi connectivity index (χ4v) is 4.68. The Morgan fingerprint density at radius 3 is 2.15 bits per heavy atom. The molecular weight excluding hydrogens is 488 g/mol. The van der Waals surface area contributed by atoms with Gasteiger partial charge in [-0.05, 0) is 55.0 Å². The largest absolute Gasteiger partial charge is 0.493 e. The summed E-state index contributed by atoms with van der Waals surface area (Å²) in [4.78, 5) is 23.7. The highest BCUT2D eigenvalue weighted by Crippen LogP contribution is 2.25. The summed E-state index contributed by atoms with van der Waals surface area (Å²) in [7, 11) is 0. The fraction of sp³-hybridized carbons (Fsp3) is 0.471. The normalized spacial score (nSPS) is 11.0. The summed E-state index contributed by atoms with van der Waals surface area (Å²) in [5.41, 5.74) is 3.00. The molecule has 3 rings (SSSR count). The smallest absolute Gasteiger partial charge is 0.344 e. The van der Waals surface area contributed by atoms with Crippen LogP contribution in [0.2, 0.25) is 0 Å². The lowest BCUT2D eigenvalue weighted by Crippen LogP contribution is -2.03. The Hall–Kier alpha value is -3.34. The van der Waals surface area contributed by atoms with Crippen molar-refractivity contribution in [1.29, 1.82) is 0 Å². The Balaban J connectivity index is 1.34. The van der Waals surface area contributed by atoms with E-state index in [1.807, 2.05) is 36.4 Å². The molecule has 0 radical (unpaired) electrons. The van der Waals surface area contributed by atoms with Crippen LogP contribution in [-0.2, 0) is 16.0 Å². The van der Waals surface area contributed by atoms with Crippen LogP contribution < -0.4 is 10.4 Å². The van der Waals surface area contributed by atoms with E-state index in [-0.39, 0.29) is 11.6 Å². The zero-order chi connectivity index (χ0) is 27.7. The molecule has 0 amide bonds. The fourth-order valence-electron chi connectivity index (χ4n) is 4.68. The average molecular weight is 533 g/mol. The third-order valence-corrected chi connectivity index (χ3v) is 7.01. The molecule has 5 heteroatoms. The van der Waals surface area contributed by atoms with Gasteiger partial charge in [0.25, 0.3) is 0 Å². The minimum atomic E-state index is -0.338. The van der Waals surface area contributed by atoms with Crippen LogP contribution in [0.25, 0.3) is 22.1 Å². The van der Waals surface area contributed by atoms with Crippen LogP contribution in [0.15, 0.2) is 70.4 Å². The molecule has 1 heterocycles. The molecule has 0 aliphatic heterocycles. The van der Waals surface area contributed by atoms with Crippen molar-refractivity contribution in [2.45, 2.75) is 90.4 Å². The highest BCUT2D eigenvalue weighted by atomic mass is 16.5. The average Bonchev–Trinajstić information content (AvgIpc) is 2.95. The molecule has 0 aliphatic carbocycles. The summed E-state index contributed by atoms with van der Waals surface area (Å²) in [6.45, 7) is 6.74. The number of fused-ring (bicyclic) bond motifs is 1. The van der Waals surface area contributed by atoms with Crippen LogP contribution in [0.5, 0.6) is 5.75 Å². The number of hydrogen-bond acceptors (Lipinski definition) is 5. The molecule has 0 bridgehead atoms. The Bertz CT molecular complexity index is 1210. The molecule has 0 saturated carbocycles. The Labute approximate surface area is 233 Å². The van der Waals surface area contributed by atoms with E-state index < -0.39 is 0 Å². The number of esters is 1. The minimum Gasteiger partial charge on any atom is -0.493 e. The summed E-state index contributed by atoms with van der Waals surface area (Å²) >= 11 is 0. The Kier molecular flexibility index (Phi) is 13.4. The first kappa shape index (κ1) is 30.2. The number of carbonyl (C=O) groups excluding carboxylic acids is 1. The molecule has 0 fully saturated rings. The van der Waals surface area contributed by atoms with Crippen molar-refractivity contribution in [3.63, 3.8) is 0 Å². The summed E-state index contributed by atoms with van der Waals surface area (Å²) in [6.07, 6.45) is 16.2. The SMILES string of the molecule is C=CC(=O)OCCCCCCCCCCCOc1ccc2cc(-c3ccc(CCCCC)cc3)c(=O)oc2c1. The summed E-state index contributed by atoms with van der Waals surface area (Å²) in [6, 6.07) is 15.9. The molecule has 5 nitrogen and oxygen atoms in total. The second kappa shape index (κ2) is 17.3. The first-order chi connectivity index (χ1) is 19.1. The Morgan fingerprint density at radius 2 is 1.49 bits per heavy atom. The quantitative estimate of drug-likeness (QED) is 0.0668. The van der Waals surface area contributed by atoms with Gasteiger partial charge < -0.3 is 13.9 Å². The topological polar surface area (TPSA) is 65.7 Å². The van der Waals surface area contributed by atoms with Gasteiger partial charge in [-0.1, -0.05) is 95.6 Å². The second-order valence-electron chi connectivity index (χ2n) is 10.2. The van der Waals surface area contributed by atoms with E-state index in [1.54, 1.807) is 0 Å². The molecule has 0 aliphatic rings. The molecule has 39 heavy (non-hydrogen) atoms. The summed E-state index contributed by atoms with van der Waals surface area (Å²) in [5.74, 6) is 0.392. The number of aryl methyl sites for hydroxylation is 1. The lowest BCUT2D eigenvalue weighted by molar-refractivity contribution is -0.137. The van der Waals surface area contributed by atoms with Gasteiger partial charge in [-0.15, -0.1) is 0 Å². The van der Waals surface area contributed by atoms with Gasteiger partial charge in [-0.3, -0.25) is 0 Å². The molecule has 0 N–H and O–H groups in total. The predicted molar refractivity (Wildman–Crippen MR) is 159 cm³/mol. The van der Waals surface area contributed by atoms with Gasteiger partial charge >= 0.3 is 11.6 Å². The van der Waals surface area contributed by atoms with Crippen LogP contribution >= 0.6 is 0 Å². The van der Waals surface area contributed by atoms with E-state index in [2.05, 4.69) is 25.6 Å². The van der Waals surface area contributed by atoms with Gasteiger partial charge in [0.05, 0.1) is 18.8 Å². The van der Waals surface area contributed by atoms with Crippen LogP contribution in [0, 0.1) is 0 Å². The molecular formula is C34H44O5. The maximum absolute atomic E-state index is 12.7. The van der Waals surface area contributed by atoms with Gasteiger partial charge in [-0.2, -0.15) is 0 Å². The lowest BCUT2D eigenvalue weighted by Gasteiger charge is -2.08. The molecule has 0 spiro atoms. The highest BCUT2D eigenvalue weighted by Gasteiger charge is 2.09. The number of unbranched alkanes of at least 4 members (excludes halogenated alkanes) is 10. The molecule has 210 valence electrons. The van der Waals surface area contributed by atoms with Crippen molar-refractivity contribution < 1.29 is 18.7 Å². The van der Waals surface area contributed by atoms with Crippen molar-refractivity contribution in [2.75, 3.05) is 13.2 Å². The second-order valence-corrected chi connectivity index (χ2v) is 10.2. The number of ether oxygens (including phenoxy) is 2. The van der Waals surface area contributed by atoms with Crippen molar-refractivity contribution in [3.8, 4) is 16.9 Å². The van der Waals surface area contributed by atoms with E-state index in [9.17, 15) is 9.59 Å². The lowest BCUT2D eigenvalue weighted by atomic mass is 10.0. The van der Waals surface area contributed by atoms with Crippen molar-refractivity contribution >= 4 is 16.9 Å². The van der Waals surface area contributed by atoms with E-state index in [4.69, 9.17) is 13.9 Å². The molecule has 0 atom stereocenters. The highest BCUT2D eigenvalue weighted by molar-refractivity contribution is 5.83. The number of rotatable bonds is 19. The van der Waals surface area contributed by atoms with E-state index in [1.165, 1.54) is 63.0 Å². The monoisotopic (exact) mass is 532 g/mol. The van der Waals surface area contributed by atoms with E-state index >= 15 is 0 Å². The molecule has 2 aromatic carbocycles. The molecule has 3 aromatic rings. The van der Waals surface area contributed by atoms with Crippen LogP contribution in [-0.4, -0.2) is 19.2 Å². The Morgan fingerprint density at radius 1 is 0.821 bits per heavy atom. The van der Waals surface area contributed by atoms with E-state index in [0.29, 0.717) is 24.4 Å².